The zero-order valence-electron chi connectivity index (χ0n) is 9.03. The van der Waals surface area contributed by atoms with Crippen LogP contribution in [-0.2, 0) is 7.05 Å². The number of hydrogen-bond donors (Lipinski definition) is 1. The predicted octanol–water partition coefficient (Wildman–Crippen LogP) is 1.56. The van der Waals surface area contributed by atoms with Gasteiger partial charge >= 0.3 is 0 Å². The van der Waals surface area contributed by atoms with Crippen LogP contribution in [0.5, 0.6) is 0 Å². The van der Waals surface area contributed by atoms with E-state index in [1.165, 1.54) is 0 Å². The number of hydrogen-bond acceptors (Lipinski definition) is 2. The van der Waals surface area contributed by atoms with Gasteiger partial charge < -0.3 is 9.88 Å². The third-order valence-electron chi connectivity index (χ3n) is 2.12. The summed E-state index contributed by atoms with van der Waals surface area (Å²) in [4.78, 5) is 15.4. The lowest BCUT2D eigenvalue weighted by Gasteiger charge is -2.06. The number of halogens is 1. The van der Waals surface area contributed by atoms with E-state index in [4.69, 9.17) is 11.6 Å². The van der Waals surface area contributed by atoms with Crippen LogP contribution in [-0.4, -0.2) is 27.4 Å². The van der Waals surface area contributed by atoms with Crippen LogP contribution in [0.25, 0.3) is 0 Å². The molecule has 4 nitrogen and oxygen atoms in total. The van der Waals surface area contributed by atoms with E-state index in [1.807, 2.05) is 14.0 Å². The molecular formula is C10H16ClN3O. The topological polar surface area (TPSA) is 46.9 Å². The minimum absolute atomic E-state index is 0.133. The van der Waals surface area contributed by atoms with Gasteiger partial charge in [-0.3, -0.25) is 4.79 Å². The fourth-order valence-corrected chi connectivity index (χ4v) is 1.28. The maximum atomic E-state index is 11.5. The molecule has 1 N–H and O–H groups in total. The van der Waals surface area contributed by atoms with Crippen molar-refractivity contribution in [3.63, 3.8) is 0 Å². The second-order valence-electron chi connectivity index (χ2n) is 3.47. The van der Waals surface area contributed by atoms with E-state index in [9.17, 15) is 4.79 Å². The van der Waals surface area contributed by atoms with Gasteiger partial charge in [0.15, 0.2) is 0 Å². The second kappa shape index (κ2) is 5.75. The molecule has 0 saturated carbocycles. The van der Waals surface area contributed by atoms with Gasteiger partial charge in [-0.2, -0.15) is 0 Å². The summed E-state index contributed by atoms with van der Waals surface area (Å²) < 4.78 is 1.74. The molecule has 1 aromatic rings. The Bertz CT molecular complexity index is 324. The monoisotopic (exact) mass is 229 g/mol. The number of aryl methyl sites for hydroxylation is 1. The zero-order valence-corrected chi connectivity index (χ0v) is 9.79. The maximum absolute atomic E-state index is 11.5. The Balaban J connectivity index is 2.31. The molecule has 0 aromatic carbocycles. The van der Waals surface area contributed by atoms with Crippen molar-refractivity contribution in [2.45, 2.75) is 25.1 Å². The molecule has 0 aliphatic carbocycles. The number of nitrogens with one attached hydrogen (secondary N) is 1. The van der Waals surface area contributed by atoms with Crippen molar-refractivity contribution in [3.8, 4) is 0 Å². The number of nitrogens with zero attached hydrogens (tertiary/aromatic N) is 2. The molecule has 1 heterocycles. The summed E-state index contributed by atoms with van der Waals surface area (Å²) in [5.74, 6) is -0.143. The highest BCUT2D eigenvalue weighted by molar-refractivity contribution is 6.20. The number of aromatic nitrogens is 2. The van der Waals surface area contributed by atoms with Crippen LogP contribution in [0.2, 0.25) is 0 Å². The Labute approximate surface area is 94.6 Å². The Morgan fingerprint density at radius 2 is 2.47 bits per heavy atom. The summed E-state index contributed by atoms with van der Waals surface area (Å²) in [5, 5.41) is 2.91. The summed E-state index contributed by atoms with van der Waals surface area (Å²) >= 11 is 5.93. The maximum Gasteiger partial charge on any atom is 0.271 e. The van der Waals surface area contributed by atoms with Crippen molar-refractivity contribution >= 4 is 17.5 Å². The highest BCUT2D eigenvalue weighted by Gasteiger charge is 2.08. The third-order valence-corrected chi connectivity index (χ3v) is 2.65. The van der Waals surface area contributed by atoms with Crippen LogP contribution in [0.1, 0.15) is 30.3 Å². The van der Waals surface area contributed by atoms with Gasteiger partial charge in [0.25, 0.3) is 5.91 Å². The number of alkyl halides is 1. The number of amides is 1. The SMILES string of the molecule is CCC(Cl)CCNC(=O)c1cn(C)cn1. The highest BCUT2D eigenvalue weighted by Crippen LogP contribution is 2.04. The van der Waals surface area contributed by atoms with E-state index >= 15 is 0 Å². The van der Waals surface area contributed by atoms with E-state index < -0.39 is 0 Å². The molecule has 0 aliphatic rings. The van der Waals surface area contributed by atoms with Crippen LogP contribution < -0.4 is 5.32 Å². The molecule has 5 heteroatoms. The minimum Gasteiger partial charge on any atom is -0.351 e. The summed E-state index contributed by atoms with van der Waals surface area (Å²) in [5.41, 5.74) is 0.445. The van der Waals surface area contributed by atoms with Crippen LogP contribution in [0.4, 0.5) is 0 Å². The smallest absolute Gasteiger partial charge is 0.271 e. The van der Waals surface area contributed by atoms with Gasteiger partial charge in [-0.15, -0.1) is 11.6 Å². The van der Waals surface area contributed by atoms with Crippen molar-refractivity contribution in [2.75, 3.05) is 6.54 Å². The molecule has 1 atom stereocenters. The molecule has 1 unspecified atom stereocenters. The first-order valence-corrected chi connectivity index (χ1v) is 5.47. The average molecular weight is 230 g/mol. The Morgan fingerprint density at radius 3 is 3.00 bits per heavy atom. The van der Waals surface area contributed by atoms with Gasteiger partial charge in [-0.1, -0.05) is 6.92 Å². The lowest BCUT2D eigenvalue weighted by molar-refractivity contribution is 0.0948. The van der Waals surface area contributed by atoms with E-state index in [0.29, 0.717) is 12.2 Å². The molecular weight excluding hydrogens is 214 g/mol. The van der Waals surface area contributed by atoms with Crippen LogP contribution in [0.15, 0.2) is 12.5 Å². The van der Waals surface area contributed by atoms with Crippen LogP contribution >= 0.6 is 11.6 Å². The largest absolute Gasteiger partial charge is 0.351 e. The average Bonchev–Trinajstić information content (AvgIpc) is 2.64. The van der Waals surface area contributed by atoms with Gasteiger partial charge in [0, 0.05) is 25.2 Å². The van der Waals surface area contributed by atoms with Crippen LogP contribution in [0, 0.1) is 0 Å². The molecule has 0 spiro atoms. The standard InChI is InChI=1S/C10H16ClN3O/c1-3-8(11)4-5-12-10(15)9-6-14(2)7-13-9/h6-8H,3-5H2,1-2H3,(H,12,15). The number of carbonyl (C=O) groups is 1. The normalized spacial score (nSPS) is 12.5. The number of carbonyl (C=O) groups excluding carboxylic acids is 1. The summed E-state index contributed by atoms with van der Waals surface area (Å²) in [6.45, 7) is 2.62. The zero-order chi connectivity index (χ0) is 11.3. The Morgan fingerprint density at radius 1 is 1.73 bits per heavy atom. The van der Waals surface area contributed by atoms with Gasteiger partial charge in [0.05, 0.1) is 6.33 Å². The van der Waals surface area contributed by atoms with Gasteiger partial charge in [-0.25, -0.2) is 4.98 Å². The second-order valence-corrected chi connectivity index (χ2v) is 4.09. The predicted molar refractivity (Wildman–Crippen MR) is 60.1 cm³/mol. The van der Waals surface area contributed by atoms with E-state index in [-0.39, 0.29) is 11.3 Å². The molecule has 1 rings (SSSR count). The highest BCUT2D eigenvalue weighted by atomic mass is 35.5. The quantitative estimate of drug-likeness (QED) is 0.779. The van der Waals surface area contributed by atoms with Gasteiger partial charge in [0.2, 0.25) is 0 Å². The first kappa shape index (κ1) is 12.0. The Hall–Kier alpha value is -1.03. The van der Waals surface area contributed by atoms with Gasteiger partial charge in [0.1, 0.15) is 5.69 Å². The lowest BCUT2D eigenvalue weighted by atomic mass is 10.2. The molecule has 0 fully saturated rings. The van der Waals surface area contributed by atoms with Crippen molar-refractivity contribution in [3.05, 3.63) is 18.2 Å². The molecule has 1 amide bonds. The van der Waals surface area contributed by atoms with E-state index in [1.54, 1.807) is 17.1 Å². The molecule has 1 aromatic heterocycles. The summed E-state index contributed by atoms with van der Waals surface area (Å²) in [6.07, 6.45) is 5.00. The molecule has 0 saturated heterocycles. The number of rotatable bonds is 5. The fourth-order valence-electron chi connectivity index (χ4n) is 1.17. The molecule has 15 heavy (non-hydrogen) atoms. The van der Waals surface area contributed by atoms with Crippen LogP contribution in [0.3, 0.4) is 0 Å². The van der Waals surface area contributed by atoms with Crippen molar-refractivity contribution < 1.29 is 4.79 Å². The first-order chi connectivity index (χ1) is 7.13. The first-order valence-electron chi connectivity index (χ1n) is 5.03. The van der Waals surface area contributed by atoms with E-state index in [2.05, 4.69) is 10.3 Å². The third kappa shape index (κ3) is 3.91. The Kier molecular flexibility index (Phi) is 4.62. The van der Waals surface area contributed by atoms with Crippen molar-refractivity contribution in [1.82, 2.24) is 14.9 Å². The number of imidazole rings is 1. The fraction of sp³-hybridized carbons (Fsp3) is 0.600. The van der Waals surface area contributed by atoms with Crippen molar-refractivity contribution in [2.24, 2.45) is 7.05 Å². The molecule has 84 valence electrons. The molecule has 0 bridgehead atoms. The van der Waals surface area contributed by atoms with Gasteiger partial charge in [-0.05, 0) is 12.8 Å². The summed E-state index contributed by atoms with van der Waals surface area (Å²) in [6, 6.07) is 0. The van der Waals surface area contributed by atoms with E-state index in [0.717, 1.165) is 12.8 Å². The lowest BCUT2D eigenvalue weighted by Crippen LogP contribution is -2.26. The summed E-state index contributed by atoms with van der Waals surface area (Å²) in [7, 11) is 1.83. The molecule has 0 radical (unpaired) electrons. The minimum atomic E-state index is -0.143. The molecule has 0 aliphatic heterocycles. The van der Waals surface area contributed by atoms with Crippen molar-refractivity contribution in [1.29, 1.82) is 0 Å².